The van der Waals surface area contributed by atoms with Crippen molar-refractivity contribution in [1.29, 1.82) is 0 Å². The standard InChI is InChI=1S/C17H12B2F3N3O2/c18-16(19,25-13(5-6-23-25)17(20,21)22)14-8-10-7-9(15(26)27)1-4-12(10)24(14)11-2-3-11/h1,4-8,11H,2-3H2,(H,26,27). The first-order valence-corrected chi connectivity index (χ1v) is 8.19. The summed E-state index contributed by atoms with van der Waals surface area (Å²) in [6.45, 7) is 0. The van der Waals surface area contributed by atoms with Gasteiger partial charge in [0.25, 0.3) is 0 Å². The number of hydrogen-bond acceptors (Lipinski definition) is 2. The summed E-state index contributed by atoms with van der Waals surface area (Å²) >= 11 is 0. The van der Waals surface area contributed by atoms with Crippen molar-refractivity contribution in [3.05, 3.63) is 53.5 Å². The molecule has 5 nitrogen and oxygen atoms in total. The molecule has 3 aromatic rings. The van der Waals surface area contributed by atoms with Crippen LogP contribution in [0.2, 0.25) is 0 Å². The number of halogens is 3. The maximum absolute atomic E-state index is 13.3. The first-order valence-electron chi connectivity index (χ1n) is 8.19. The molecule has 0 bridgehead atoms. The van der Waals surface area contributed by atoms with E-state index in [2.05, 4.69) is 5.10 Å². The van der Waals surface area contributed by atoms with Crippen LogP contribution in [0.4, 0.5) is 13.2 Å². The number of carboxylic acid groups (broad SMARTS) is 1. The third kappa shape index (κ3) is 2.83. The van der Waals surface area contributed by atoms with Gasteiger partial charge in [0.15, 0.2) is 0 Å². The Labute approximate surface area is 154 Å². The molecule has 1 fully saturated rings. The molecule has 0 amide bonds. The Bertz CT molecular complexity index is 1050. The predicted octanol–water partition coefficient (Wildman–Crippen LogP) is 2.89. The highest BCUT2D eigenvalue weighted by Gasteiger charge is 2.41. The van der Waals surface area contributed by atoms with Gasteiger partial charge in [0.2, 0.25) is 0 Å². The van der Waals surface area contributed by atoms with Gasteiger partial charge in [0.1, 0.15) is 21.4 Å². The smallest absolute Gasteiger partial charge is 0.432 e. The monoisotopic (exact) mass is 369 g/mol. The lowest BCUT2D eigenvalue weighted by Crippen LogP contribution is -2.41. The van der Waals surface area contributed by atoms with Gasteiger partial charge in [0, 0.05) is 34.2 Å². The van der Waals surface area contributed by atoms with Crippen molar-refractivity contribution in [2.24, 2.45) is 0 Å². The summed E-state index contributed by atoms with van der Waals surface area (Å²) < 4.78 is 42.2. The maximum Gasteiger partial charge on any atom is 0.432 e. The zero-order chi connectivity index (χ0) is 19.6. The van der Waals surface area contributed by atoms with Crippen LogP contribution < -0.4 is 0 Å². The number of hydrogen-bond donors (Lipinski definition) is 1. The molecule has 0 unspecified atom stereocenters. The van der Waals surface area contributed by atoms with Crippen LogP contribution in [-0.2, 0) is 11.5 Å². The van der Waals surface area contributed by atoms with Gasteiger partial charge in [-0.3, -0.25) is 4.68 Å². The number of aromatic nitrogens is 3. The number of aromatic carboxylic acids is 1. The molecule has 4 radical (unpaired) electrons. The van der Waals surface area contributed by atoms with Crippen molar-refractivity contribution in [1.82, 2.24) is 14.3 Å². The molecule has 0 aliphatic heterocycles. The Morgan fingerprint density at radius 2 is 1.85 bits per heavy atom. The van der Waals surface area contributed by atoms with E-state index in [-0.39, 0.29) is 17.3 Å². The van der Waals surface area contributed by atoms with Crippen molar-refractivity contribution in [3.63, 3.8) is 0 Å². The van der Waals surface area contributed by atoms with Gasteiger partial charge in [-0.25, -0.2) is 4.79 Å². The van der Waals surface area contributed by atoms with Gasteiger partial charge in [-0.2, -0.15) is 18.3 Å². The SMILES string of the molecule is [B]C([B])(c1cc2cc(C(=O)O)ccc2n1C1CC1)n1nccc1C(F)(F)F. The van der Waals surface area contributed by atoms with Gasteiger partial charge in [-0.1, -0.05) is 0 Å². The largest absolute Gasteiger partial charge is 0.478 e. The number of carbonyl (C=O) groups is 1. The molecule has 134 valence electrons. The predicted molar refractivity (Wildman–Crippen MR) is 93.0 cm³/mol. The molecule has 0 saturated heterocycles. The van der Waals surface area contributed by atoms with E-state index in [1.165, 1.54) is 18.2 Å². The van der Waals surface area contributed by atoms with Crippen molar-refractivity contribution in [3.8, 4) is 0 Å². The van der Waals surface area contributed by atoms with Crippen LogP contribution >= 0.6 is 0 Å². The van der Waals surface area contributed by atoms with Crippen molar-refractivity contribution < 1.29 is 23.1 Å². The first-order chi connectivity index (χ1) is 12.6. The highest BCUT2D eigenvalue weighted by molar-refractivity contribution is 6.40. The normalized spacial score (nSPS) is 15.4. The lowest BCUT2D eigenvalue weighted by molar-refractivity contribution is -0.144. The minimum atomic E-state index is -4.67. The number of alkyl halides is 3. The lowest BCUT2D eigenvalue weighted by Gasteiger charge is -2.31. The molecule has 1 aromatic carbocycles. The molecule has 1 saturated carbocycles. The van der Waals surface area contributed by atoms with Gasteiger partial charge >= 0.3 is 12.1 Å². The number of fused-ring (bicyclic) bond motifs is 1. The third-order valence-electron chi connectivity index (χ3n) is 4.69. The fourth-order valence-electron chi connectivity index (χ4n) is 3.33. The van der Waals surface area contributed by atoms with Crippen molar-refractivity contribution >= 4 is 32.6 Å². The Hall–Kier alpha value is -2.64. The summed E-state index contributed by atoms with van der Waals surface area (Å²) in [4.78, 5) is 11.2. The van der Waals surface area contributed by atoms with Crippen LogP contribution in [0, 0.1) is 0 Å². The lowest BCUT2D eigenvalue weighted by atomic mass is 9.59. The number of benzene rings is 1. The van der Waals surface area contributed by atoms with E-state index in [1.807, 2.05) is 0 Å². The first kappa shape index (κ1) is 17.8. The second-order valence-corrected chi connectivity index (χ2v) is 6.66. The molecular formula is C17H12B2F3N3O2. The molecule has 1 aliphatic rings. The van der Waals surface area contributed by atoms with Crippen LogP contribution in [-0.4, -0.2) is 41.1 Å². The van der Waals surface area contributed by atoms with Crippen molar-refractivity contribution in [2.75, 3.05) is 0 Å². The molecule has 10 heteroatoms. The molecule has 27 heavy (non-hydrogen) atoms. The number of rotatable bonds is 4. The summed E-state index contributed by atoms with van der Waals surface area (Å²) in [5.74, 6) is -1.10. The number of nitrogens with zero attached hydrogens (tertiary/aromatic N) is 3. The van der Waals surface area contributed by atoms with E-state index in [9.17, 15) is 23.1 Å². The Morgan fingerprint density at radius 1 is 1.15 bits per heavy atom. The zero-order valence-electron chi connectivity index (χ0n) is 13.9. The molecule has 2 heterocycles. The van der Waals surface area contributed by atoms with Crippen LogP contribution in [0.1, 0.15) is 40.6 Å². The Kier molecular flexibility index (Phi) is 3.73. The van der Waals surface area contributed by atoms with Crippen molar-refractivity contribution in [2.45, 2.75) is 30.4 Å². The van der Waals surface area contributed by atoms with E-state index >= 15 is 0 Å². The minimum absolute atomic E-state index is 0.0459. The summed E-state index contributed by atoms with van der Waals surface area (Å²) in [5.41, 5.74) is -0.0988. The van der Waals surface area contributed by atoms with Gasteiger partial charge in [-0.05, 0) is 43.2 Å². The quantitative estimate of drug-likeness (QED) is 0.720. The van der Waals surface area contributed by atoms with Gasteiger partial charge in [-0.15, -0.1) is 0 Å². The van der Waals surface area contributed by atoms with Crippen LogP contribution in [0.3, 0.4) is 0 Å². The van der Waals surface area contributed by atoms with Gasteiger partial charge in [0.05, 0.1) is 5.56 Å². The summed E-state index contributed by atoms with van der Waals surface area (Å²) in [6, 6.07) is 6.89. The Balaban J connectivity index is 1.94. The summed E-state index contributed by atoms with van der Waals surface area (Å²) in [6.07, 6.45) is -2.02. The highest BCUT2D eigenvalue weighted by atomic mass is 19.4. The van der Waals surface area contributed by atoms with Crippen LogP contribution in [0.15, 0.2) is 36.5 Å². The fraction of sp³-hybridized carbons (Fsp3) is 0.294. The molecule has 0 atom stereocenters. The van der Waals surface area contributed by atoms with E-state index < -0.39 is 23.2 Å². The second kappa shape index (κ2) is 5.68. The Morgan fingerprint density at radius 3 is 2.44 bits per heavy atom. The second-order valence-electron chi connectivity index (χ2n) is 6.66. The van der Waals surface area contributed by atoms with E-state index in [0.29, 0.717) is 15.6 Å². The average molecular weight is 369 g/mol. The highest BCUT2D eigenvalue weighted by Crippen LogP contribution is 2.43. The number of carboxylic acids is 1. The van der Waals surface area contributed by atoms with Crippen LogP contribution in [0.5, 0.6) is 0 Å². The van der Waals surface area contributed by atoms with Crippen LogP contribution in [0.25, 0.3) is 10.9 Å². The molecule has 0 spiro atoms. The van der Waals surface area contributed by atoms with E-state index in [0.717, 1.165) is 25.1 Å². The topological polar surface area (TPSA) is 60.0 Å². The molecule has 4 rings (SSSR count). The summed E-state index contributed by atoms with van der Waals surface area (Å²) in [5, 5.41) is 11.4. The minimum Gasteiger partial charge on any atom is -0.478 e. The summed E-state index contributed by atoms with van der Waals surface area (Å²) in [7, 11) is 12.3. The zero-order valence-corrected chi connectivity index (χ0v) is 13.9. The van der Waals surface area contributed by atoms with Gasteiger partial charge < -0.3 is 9.67 Å². The maximum atomic E-state index is 13.3. The van der Waals surface area contributed by atoms with E-state index in [1.54, 1.807) is 10.6 Å². The molecule has 1 aliphatic carbocycles. The molecule has 2 aromatic heterocycles. The average Bonchev–Trinajstić information content (AvgIpc) is 3.14. The molecular weight excluding hydrogens is 357 g/mol. The van der Waals surface area contributed by atoms with E-state index in [4.69, 9.17) is 15.7 Å². The fourth-order valence-corrected chi connectivity index (χ4v) is 3.33. The third-order valence-corrected chi connectivity index (χ3v) is 4.69. The molecule has 1 N–H and O–H groups in total.